The molecule has 2 N–H and O–H groups in total. The van der Waals surface area contributed by atoms with Crippen LogP contribution in [0.3, 0.4) is 0 Å². The number of carbonyl (C=O) groups excluding carboxylic acids is 1. The summed E-state index contributed by atoms with van der Waals surface area (Å²) >= 11 is 0. The third-order valence-electron chi connectivity index (χ3n) is 2.40. The Kier molecular flexibility index (Phi) is 4.92. The Morgan fingerprint density at radius 3 is 2.81 bits per heavy atom. The van der Waals surface area contributed by atoms with Crippen molar-refractivity contribution < 1.29 is 14.3 Å². The molecular weight excluding hydrogens is 209 g/mol. The minimum absolute atomic E-state index is 0.0361. The second-order valence-corrected chi connectivity index (χ2v) is 3.61. The number of carbonyl (C=O) groups is 1. The van der Waals surface area contributed by atoms with Gasteiger partial charge in [0, 0.05) is 13.2 Å². The molecule has 1 unspecified atom stereocenters. The van der Waals surface area contributed by atoms with Crippen molar-refractivity contribution in [3.05, 3.63) is 35.6 Å². The van der Waals surface area contributed by atoms with Crippen LogP contribution < -0.4 is 5.32 Å². The van der Waals surface area contributed by atoms with Gasteiger partial charge in [-0.1, -0.05) is 18.2 Å². The summed E-state index contributed by atoms with van der Waals surface area (Å²) in [5, 5.41) is 11.2. The van der Waals surface area contributed by atoms with E-state index in [-0.39, 0.29) is 18.3 Å². The van der Waals surface area contributed by atoms with Crippen LogP contribution in [0.4, 0.5) is 4.39 Å². The average Bonchev–Trinajstić information content (AvgIpc) is 2.29. The van der Waals surface area contributed by atoms with Gasteiger partial charge in [-0.05, 0) is 25.0 Å². The fourth-order valence-electron chi connectivity index (χ4n) is 1.41. The highest BCUT2D eigenvalue weighted by molar-refractivity contribution is 5.83. The predicted octanol–water partition coefficient (Wildman–Crippen LogP) is 1.43. The first-order valence-corrected chi connectivity index (χ1v) is 5.29. The molecule has 4 heteroatoms. The van der Waals surface area contributed by atoms with E-state index in [0.29, 0.717) is 18.5 Å². The smallest absolute Gasteiger partial charge is 0.227 e. The van der Waals surface area contributed by atoms with Crippen molar-refractivity contribution in [1.29, 1.82) is 0 Å². The van der Waals surface area contributed by atoms with Crippen molar-refractivity contribution in [1.82, 2.24) is 5.32 Å². The summed E-state index contributed by atoms with van der Waals surface area (Å²) in [5.74, 6) is -1.11. The number of benzene rings is 1. The maximum atomic E-state index is 13.4. The second kappa shape index (κ2) is 6.23. The topological polar surface area (TPSA) is 49.3 Å². The first kappa shape index (κ1) is 12.6. The monoisotopic (exact) mass is 225 g/mol. The molecule has 1 atom stereocenters. The van der Waals surface area contributed by atoms with E-state index in [1.54, 1.807) is 25.1 Å². The lowest BCUT2D eigenvalue weighted by atomic mass is 10.00. The maximum Gasteiger partial charge on any atom is 0.227 e. The van der Waals surface area contributed by atoms with E-state index < -0.39 is 5.92 Å². The summed E-state index contributed by atoms with van der Waals surface area (Å²) in [6.45, 7) is 2.11. The van der Waals surface area contributed by atoms with E-state index in [9.17, 15) is 9.18 Å². The Hall–Kier alpha value is -1.42. The van der Waals surface area contributed by atoms with E-state index in [4.69, 9.17) is 5.11 Å². The lowest BCUT2D eigenvalue weighted by molar-refractivity contribution is -0.122. The quantitative estimate of drug-likeness (QED) is 0.745. The molecule has 0 heterocycles. The van der Waals surface area contributed by atoms with E-state index in [2.05, 4.69) is 5.32 Å². The standard InChI is InChI=1S/C12H16FNO2/c1-9(12(16)14-7-4-8-15)10-5-2-3-6-11(10)13/h2-3,5-6,9,15H,4,7-8H2,1H3,(H,14,16). The number of aliphatic hydroxyl groups is 1. The fraction of sp³-hybridized carbons (Fsp3) is 0.417. The molecule has 1 aromatic carbocycles. The Labute approximate surface area is 94.3 Å². The van der Waals surface area contributed by atoms with Crippen molar-refractivity contribution in [3.8, 4) is 0 Å². The minimum atomic E-state index is -0.514. The molecule has 0 aromatic heterocycles. The van der Waals surface area contributed by atoms with E-state index in [1.165, 1.54) is 6.07 Å². The third-order valence-corrected chi connectivity index (χ3v) is 2.40. The van der Waals surface area contributed by atoms with Crippen LogP contribution in [0.25, 0.3) is 0 Å². The van der Waals surface area contributed by atoms with Gasteiger partial charge < -0.3 is 10.4 Å². The van der Waals surface area contributed by atoms with Gasteiger partial charge in [-0.15, -0.1) is 0 Å². The Morgan fingerprint density at radius 2 is 2.19 bits per heavy atom. The summed E-state index contributed by atoms with van der Waals surface area (Å²) in [7, 11) is 0. The highest BCUT2D eigenvalue weighted by atomic mass is 19.1. The number of halogens is 1. The maximum absolute atomic E-state index is 13.4. The van der Waals surface area contributed by atoms with Crippen LogP contribution in [-0.2, 0) is 4.79 Å². The molecule has 1 rings (SSSR count). The normalized spacial score (nSPS) is 12.2. The molecule has 0 radical (unpaired) electrons. The number of rotatable bonds is 5. The SMILES string of the molecule is CC(C(=O)NCCCO)c1ccccc1F. The van der Waals surface area contributed by atoms with Gasteiger partial charge in [-0.25, -0.2) is 4.39 Å². The Morgan fingerprint density at radius 1 is 1.50 bits per heavy atom. The van der Waals surface area contributed by atoms with Crippen LogP contribution in [-0.4, -0.2) is 24.2 Å². The van der Waals surface area contributed by atoms with Crippen molar-refractivity contribution >= 4 is 5.91 Å². The van der Waals surface area contributed by atoms with Crippen LogP contribution in [0.15, 0.2) is 24.3 Å². The number of hydrogen-bond acceptors (Lipinski definition) is 2. The van der Waals surface area contributed by atoms with Gasteiger partial charge in [0.2, 0.25) is 5.91 Å². The van der Waals surface area contributed by atoms with Gasteiger partial charge in [0.05, 0.1) is 5.92 Å². The molecule has 0 aliphatic heterocycles. The number of nitrogens with one attached hydrogen (secondary N) is 1. The largest absolute Gasteiger partial charge is 0.396 e. The molecule has 0 aliphatic rings. The molecule has 16 heavy (non-hydrogen) atoms. The van der Waals surface area contributed by atoms with E-state index in [0.717, 1.165) is 0 Å². The van der Waals surface area contributed by atoms with E-state index >= 15 is 0 Å². The van der Waals surface area contributed by atoms with Crippen LogP contribution >= 0.6 is 0 Å². The van der Waals surface area contributed by atoms with Crippen LogP contribution in [0, 0.1) is 5.82 Å². The molecular formula is C12H16FNO2. The summed E-state index contributed by atoms with van der Waals surface area (Å²) in [6.07, 6.45) is 0.510. The fourth-order valence-corrected chi connectivity index (χ4v) is 1.41. The third kappa shape index (κ3) is 3.31. The first-order valence-electron chi connectivity index (χ1n) is 5.29. The lowest BCUT2D eigenvalue weighted by Crippen LogP contribution is -2.29. The van der Waals surface area contributed by atoms with Gasteiger partial charge in [-0.2, -0.15) is 0 Å². The molecule has 0 bridgehead atoms. The lowest BCUT2D eigenvalue weighted by Gasteiger charge is -2.12. The van der Waals surface area contributed by atoms with Gasteiger partial charge in [0.25, 0.3) is 0 Å². The molecule has 1 amide bonds. The molecule has 0 saturated heterocycles. The zero-order valence-electron chi connectivity index (χ0n) is 9.24. The number of hydrogen-bond donors (Lipinski definition) is 2. The second-order valence-electron chi connectivity index (χ2n) is 3.61. The highest BCUT2D eigenvalue weighted by Gasteiger charge is 2.17. The molecule has 0 spiro atoms. The summed E-state index contributed by atoms with van der Waals surface area (Å²) in [6, 6.07) is 6.24. The van der Waals surface area contributed by atoms with Crippen molar-refractivity contribution in [2.24, 2.45) is 0 Å². The van der Waals surface area contributed by atoms with Gasteiger partial charge in [0.1, 0.15) is 5.82 Å². The van der Waals surface area contributed by atoms with Crippen molar-refractivity contribution in [3.63, 3.8) is 0 Å². The Balaban J connectivity index is 2.60. The van der Waals surface area contributed by atoms with Crippen LogP contribution in [0.2, 0.25) is 0 Å². The zero-order chi connectivity index (χ0) is 12.0. The zero-order valence-corrected chi connectivity index (χ0v) is 9.24. The van der Waals surface area contributed by atoms with Crippen LogP contribution in [0.1, 0.15) is 24.8 Å². The van der Waals surface area contributed by atoms with Crippen molar-refractivity contribution in [2.75, 3.05) is 13.2 Å². The van der Waals surface area contributed by atoms with Gasteiger partial charge in [0.15, 0.2) is 0 Å². The summed E-state index contributed by atoms with van der Waals surface area (Å²) < 4.78 is 13.4. The average molecular weight is 225 g/mol. The minimum Gasteiger partial charge on any atom is -0.396 e. The van der Waals surface area contributed by atoms with Crippen LogP contribution in [0.5, 0.6) is 0 Å². The predicted molar refractivity (Wildman–Crippen MR) is 59.5 cm³/mol. The molecule has 0 aliphatic carbocycles. The molecule has 1 aromatic rings. The molecule has 3 nitrogen and oxygen atoms in total. The first-order chi connectivity index (χ1) is 7.66. The molecule has 0 fully saturated rings. The summed E-state index contributed by atoms with van der Waals surface area (Å²) in [5.41, 5.74) is 0.393. The number of amides is 1. The van der Waals surface area contributed by atoms with Crippen molar-refractivity contribution in [2.45, 2.75) is 19.3 Å². The molecule has 88 valence electrons. The van der Waals surface area contributed by atoms with Gasteiger partial charge in [-0.3, -0.25) is 4.79 Å². The highest BCUT2D eigenvalue weighted by Crippen LogP contribution is 2.18. The van der Waals surface area contributed by atoms with E-state index in [1.807, 2.05) is 0 Å². The van der Waals surface area contributed by atoms with Gasteiger partial charge >= 0.3 is 0 Å². The molecule has 0 saturated carbocycles. The number of aliphatic hydroxyl groups excluding tert-OH is 1. The summed E-state index contributed by atoms with van der Waals surface area (Å²) in [4.78, 5) is 11.6. The Bertz CT molecular complexity index is 355.